The number of aliphatic hydroxyl groups is 2. The van der Waals surface area contributed by atoms with Crippen molar-refractivity contribution in [2.75, 3.05) is 12.4 Å². The van der Waals surface area contributed by atoms with Gasteiger partial charge in [0.05, 0.1) is 6.10 Å². The van der Waals surface area contributed by atoms with Crippen LogP contribution in [0.2, 0.25) is 0 Å². The van der Waals surface area contributed by atoms with Crippen LogP contribution >= 0.6 is 11.8 Å². The van der Waals surface area contributed by atoms with Gasteiger partial charge in [-0.15, -0.1) is 0 Å². The maximum atomic E-state index is 9.94. The van der Waals surface area contributed by atoms with Crippen molar-refractivity contribution in [2.24, 2.45) is 11.3 Å². The second kappa shape index (κ2) is 13.9. The molecule has 2 saturated carbocycles. The van der Waals surface area contributed by atoms with Crippen molar-refractivity contribution < 1.29 is 10.2 Å². The van der Waals surface area contributed by atoms with Gasteiger partial charge in [0.25, 0.3) is 0 Å². The van der Waals surface area contributed by atoms with Gasteiger partial charge in [-0.1, -0.05) is 68.6 Å². The highest BCUT2D eigenvalue weighted by molar-refractivity contribution is 8.00. The van der Waals surface area contributed by atoms with Crippen LogP contribution < -0.4 is 0 Å². The van der Waals surface area contributed by atoms with Crippen LogP contribution in [0.25, 0.3) is 0 Å². The van der Waals surface area contributed by atoms with Gasteiger partial charge in [0.15, 0.2) is 0 Å². The molecular weight excluding hydrogens is 400 g/mol. The summed E-state index contributed by atoms with van der Waals surface area (Å²) in [6.07, 6.45) is 21.6. The van der Waals surface area contributed by atoms with Crippen LogP contribution in [0.3, 0.4) is 0 Å². The average molecular weight is 449 g/mol. The number of hydrogen-bond acceptors (Lipinski definition) is 3. The molecule has 4 atom stereocenters. The van der Waals surface area contributed by atoms with Crippen LogP contribution in [0.15, 0.2) is 34.9 Å². The van der Waals surface area contributed by atoms with Crippen LogP contribution in [0.4, 0.5) is 0 Å². The van der Waals surface area contributed by atoms with Crippen LogP contribution in [0.5, 0.6) is 0 Å². The summed E-state index contributed by atoms with van der Waals surface area (Å²) in [5, 5.41) is 18.5. The molecule has 0 aromatic rings. The number of rotatable bonds is 8. The molecule has 3 rings (SSSR count). The van der Waals surface area contributed by atoms with Gasteiger partial charge in [-0.05, 0) is 88.2 Å². The molecule has 2 nitrogen and oxygen atoms in total. The van der Waals surface area contributed by atoms with Gasteiger partial charge < -0.3 is 10.2 Å². The van der Waals surface area contributed by atoms with E-state index in [1.54, 1.807) is 11.1 Å². The van der Waals surface area contributed by atoms with E-state index in [9.17, 15) is 5.11 Å². The summed E-state index contributed by atoms with van der Waals surface area (Å²) < 4.78 is 0. The van der Waals surface area contributed by atoms with E-state index in [1.165, 1.54) is 62.7 Å². The Kier molecular flexibility index (Phi) is 12.0. The van der Waals surface area contributed by atoms with Gasteiger partial charge in [-0.25, -0.2) is 0 Å². The summed E-state index contributed by atoms with van der Waals surface area (Å²) >= 11 is 2.18. The van der Waals surface area contributed by atoms with E-state index in [2.05, 4.69) is 50.8 Å². The predicted octanol–water partition coefficient (Wildman–Crippen LogP) is 7.61. The highest BCUT2D eigenvalue weighted by Gasteiger charge is 2.46. The third-order valence-corrected chi connectivity index (χ3v) is 8.73. The van der Waals surface area contributed by atoms with Gasteiger partial charge in [0.1, 0.15) is 0 Å². The standard InChI is InChI=1S/C25H40OS.C3H8O/c1-4-5-6-17-27-19(2)23-14-15-24-21(10-8-16-25(23,24)3)13-12-20-9-7-11-22(26)18-20;1-2-3-4/h12-14,19,22,24,26H,4-11,15-18H2,1-3H3;4H,2-3H2,1H3/b20-12-,21-13+;. The molecule has 31 heavy (non-hydrogen) atoms. The summed E-state index contributed by atoms with van der Waals surface area (Å²) in [6, 6.07) is 0. The lowest BCUT2D eigenvalue weighted by Crippen LogP contribution is -2.33. The van der Waals surface area contributed by atoms with E-state index in [-0.39, 0.29) is 6.10 Å². The first-order valence-electron chi connectivity index (χ1n) is 13.0. The Hall–Kier alpha value is -0.510. The maximum Gasteiger partial charge on any atom is 0.0577 e. The Balaban J connectivity index is 0.000000785. The fourth-order valence-corrected chi connectivity index (χ4v) is 6.90. The molecule has 178 valence electrons. The molecule has 0 amide bonds. The Bertz CT molecular complexity index is 619. The monoisotopic (exact) mass is 448 g/mol. The molecule has 0 aromatic carbocycles. The van der Waals surface area contributed by atoms with Crippen LogP contribution in [0, 0.1) is 11.3 Å². The fraction of sp³-hybridized carbons (Fsp3) is 0.786. The third-order valence-electron chi connectivity index (χ3n) is 7.45. The van der Waals surface area contributed by atoms with Crippen molar-refractivity contribution in [3.05, 3.63) is 34.9 Å². The molecule has 3 heteroatoms. The van der Waals surface area contributed by atoms with Crippen molar-refractivity contribution in [2.45, 2.75) is 116 Å². The average Bonchev–Trinajstić information content (AvgIpc) is 3.13. The molecule has 2 fully saturated rings. The fourth-order valence-electron chi connectivity index (χ4n) is 5.63. The molecular formula is C28H48O2S. The number of unbranched alkanes of at least 4 members (excludes halogenated alkanes) is 2. The van der Waals surface area contributed by atoms with Crippen LogP contribution in [-0.2, 0) is 0 Å². The molecule has 0 saturated heterocycles. The summed E-state index contributed by atoms with van der Waals surface area (Å²) in [5.74, 6) is 2.02. The summed E-state index contributed by atoms with van der Waals surface area (Å²) in [6.45, 7) is 9.53. The van der Waals surface area contributed by atoms with E-state index in [0.29, 0.717) is 23.2 Å². The van der Waals surface area contributed by atoms with E-state index in [1.807, 2.05) is 6.92 Å². The van der Waals surface area contributed by atoms with Gasteiger partial charge >= 0.3 is 0 Å². The molecule has 4 unspecified atom stereocenters. The van der Waals surface area contributed by atoms with E-state index >= 15 is 0 Å². The molecule has 0 spiro atoms. The van der Waals surface area contributed by atoms with Crippen molar-refractivity contribution in [3.8, 4) is 0 Å². The number of thioether (sulfide) groups is 1. The Morgan fingerprint density at radius 3 is 2.61 bits per heavy atom. The second-order valence-corrected chi connectivity index (χ2v) is 11.4. The van der Waals surface area contributed by atoms with Crippen molar-refractivity contribution in [1.29, 1.82) is 0 Å². The molecule has 0 radical (unpaired) electrons. The quantitative estimate of drug-likeness (QED) is 0.296. The van der Waals surface area contributed by atoms with Crippen molar-refractivity contribution in [1.82, 2.24) is 0 Å². The van der Waals surface area contributed by atoms with Gasteiger partial charge in [-0.2, -0.15) is 11.8 Å². The zero-order chi connectivity index (χ0) is 22.7. The number of aliphatic hydroxyl groups excluding tert-OH is 2. The van der Waals surface area contributed by atoms with Crippen molar-refractivity contribution in [3.63, 3.8) is 0 Å². The SMILES string of the molecule is CCCCCSC(C)C1=CCC2/C(=C/C=C3/CCCC(O)C3)CCCC12C.CCCO. The predicted molar refractivity (Wildman–Crippen MR) is 138 cm³/mol. The Morgan fingerprint density at radius 2 is 1.94 bits per heavy atom. The van der Waals surface area contributed by atoms with E-state index in [4.69, 9.17) is 5.11 Å². The van der Waals surface area contributed by atoms with Crippen molar-refractivity contribution >= 4 is 11.8 Å². The first-order chi connectivity index (χ1) is 15.0. The highest BCUT2D eigenvalue weighted by atomic mass is 32.2. The third kappa shape index (κ3) is 7.79. The minimum absolute atomic E-state index is 0.106. The lowest BCUT2D eigenvalue weighted by atomic mass is 9.64. The largest absolute Gasteiger partial charge is 0.396 e. The maximum absolute atomic E-state index is 9.94. The smallest absolute Gasteiger partial charge is 0.0577 e. The minimum atomic E-state index is -0.106. The zero-order valence-electron chi connectivity index (χ0n) is 20.7. The number of allylic oxidation sites excluding steroid dienone is 4. The molecule has 0 heterocycles. The molecule has 2 N–H and O–H groups in total. The lowest BCUT2D eigenvalue weighted by Gasteiger charge is -2.42. The Labute approximate surface area is 196 Å². The normalized spacial score (nSPS) is 31.7. The summed E-state index contributed by atoms with van der Waals surface area (Å²) in [4.78, 5) is 0. The second-order valence-electron chi connectivity index (χ2n) is 9.98. The highest BCUT2D eigenvalue weighted by Crippen LogP contribution is 2.56. The first kappa shape index (κ1) is 26.7. The molecule has 0 aromatic heterocycles. The molecule has 0 bridgehead atoms. The van der Waals surface area contributed by atoms with Gasteiger partial charge in [0.2, 0.25) is 0 Å². The number of hydrogen-bond donors (Lipinski definition) is 2. The summed E-state index contributed by atoms with van der Waals surface area (Å²) in [7, 11) is 0. The topological polar surface area (TPSA) is 40.5 Å². The zero-order valence-corrected chi connectivity index (χ0v) is 21.5. The molecule has 3 aliphatic rings. The number of fused-ring (bicyclic) bond motifs is 1. The van der Waals surface area contributed by atoms with Gasteiger partial charge in [-0.3, -0.25) is 0 Å². The van der Waals surface area contributed by atoms with Crippen LogP contribution in [-0.4, -0.2) is 33.9 Å². The van der Waals surface area contributed by atoms with E-state index < -0.39 is 0 Å². The first-order valence-corrected chi connectivity index (χ1v) is 14.0. The summed E-state index contributed by atoms with van der Waals surface area (Å²) in [5.41, 5.74) is 5.25. The van der Waals surface area contributed by atoms with Crippen LogP contribution in [0.1, 0.15) is 105 Å². The van der Waals surface area contributed by atoms with E-state index in [0.717, 1.165) is 25.7 Å². The lowest BCUT2D eigenvalue weighted by molar-refractivity contribution is 0.149. The molecule has 3 aliphatic carbocycles. The minimum Gasteiger partial charge on any atom is -0.396 e. The Morgan fingerprint density at radius 1 is 1.16 bits per heavy atom. The van der Waals surface area contributed by atoms with Gasteiger partial charge in [0, 0.05) is 11.9 Å². The molecule has 0 aliphatic heterocycles.